The van der Waals surface area contributed by atoms with Crippen molar-refractivity contribution in [3.8, 4) is 0 Å². The van der Waals surface area contributed by atoms with Crippen molar-refractivity contribution in [2.45, 2.75) is 20.8 Å². The maximum absolute atomic E-state index is 5.63. The van der Waals surface area contributed by atoms with Crippen LogP contribution in [0.5, 0.6) is 0 Å². The lowest BCUT2D eigenvalue weighted by atomic mass is 10.1. The van der Waals surface area contributed by atoms with E-state index in [4.69, 9.17) is 18.0 Å². The molecule has 0 aliphatic heterocycles. The molecule has 5 heteroatoms. The fourth-order valence-electron chi connectivity index (χ4n) is 1.26. The Morgan fingerprint density at radius 3 is 2.50 bits per heavy atom. The van der Waals surface area contributed by atoms with Gasteiger partial charge in [-0.05, 0) is 42.8 Å². The molecule has 1 rings (SSSR count). The van der Waals surface area contributed by atoms with Crippen LogP contribution in [-0.4, -0.2) is 17.4 Å². The van der Waals surface area contributed by atoms with E-state index < -0.39 is 0 Å². The summed E-state index contributed by atoms with van der Waals surface area (Å²) in [5.74, 6) is 0.548. The monoisotopic (exact) mass is 264 g/mol. The first-order valence-electron chi connectivity index (χ1n) is 5.93. The third-order valence-corrected chi connectivity index (χ3v) is 2.56. The van der Waals surface area contributed by atoms with Gasteiger partial charge < -0.3 is 11.1 Å². The van der Waals surface area contributed by atoms with Gasteiger partial charge in [-0.25, -0.2) is 0 Å². The van der Waals surface area contributed by atoms with Crippen LogP contribution in [0.4, 0.5) is 5.69 Å². The molecule has 0 atom stereocenters. The maximum Gasteiger partial charge on any atom is 0.186 e. The zero-order valence-corrected chi connectivity index (χ0v) is 11.8. The van der Waals surface area contributed by atoms with Crippen LogP contribution >= 0.6 is 12.2 Å². The first-order chi connectivity index (χ1) is 8.49. The van der Waals surface area contributed by atoms with E-state index >= 15 is 0 Å². The fraction of sp³-hybridized carbons (Fsp3) is 0.385. The standard InChI is InChI=1S/C13H20N4S/c1-9(2)8-15-13(18)17-16-10(3)11-4-6-12(14)7-5-11/h4-7,9H,8,14H2,1-3H3,(H2,15,17,18)/b16-10-. The Morgan fingerprint density at radius 1 is 1.33 bits per heavy atom. The topological polar surface area (TPSA) is 62.4 Å². The minimum Gasteiger partial charge on any atom is -0.399 e. The van der Waals surface area contributed by atoms with Crippen LogP contribution in [0.3, 0.4) is 0 Å². The first kappa shape index (κ1) is 14.4. The molecule has 0 heterocycles. The lowest BCUT2D eigenvalue weighted by Gasteiger charge is -2.09. The van der Waals surface area contributed by atoms with E-state index in [9.17, 15) is 0 Å². The molecule has 0 aliphatic rings. The van der Waals surface area contributed by atoms with Crippen LogP contribution in [0.15, 0.2) is 29.4 Å². The largest absolute Gasteiger partial charge is 0.399 e. The van der Waals surface area contributed by atoms with Gasteiger partial charge >= 0.3 is 0 Å². The maximum atomic E-state index is 5.63. The zero-order valence-electron chi connectivity index (χ0n) is 11.0. The normalized spacial score (nSPS) is 11.4. The molecule has 0 spiro atoms. The van der Waals surface area contributed by atoms with E-state index in [-0.39, 0.29) is 0 Å². The quantitative estimate of drug-likeness (QED) is 0.337. The van der Waals surface area contributed by atoms with Crippen molar-refractivity contribution in [2.75, 3.05) is 12.3 Å². The van der Waals surface area contributed by atoms with E-state index in [2.05, 4.69) is 29.7 Å². The average Bonchev–Trinajstić information content (AvgIpc) is 2.34. The van der Waals surface area contributed by atoms with Gasteiger partial charge in [-0.3, -0.25) is 5.43 Å². The highest BCUT2D eigenvalue weighted by molar-refractivity contribution is 7.80. The second-order valence-corrected chi connectivity index (χ2v) is 4.94. The Hall–Kier alpha value is -1.62. The summed E-state index contributed by atoms with van der Waals surface area (Å²) in [5, 5.41) is 7.86. The number of hydrazone groups is 1. The molecular formula is C13H20N4S. The number of nitrogens with two attached hydrogens (primary N) is 1. The van der Waals surface area contributed by atoms with Gasteiger partial charge in [0.05, 0.1) is 5.71 Å². The van der Waals surface area contributed by atoms with Gasteiger partial charge in [-0.2, -0.15) is 5.10 Å². The minimum atomic E-state index is 0.540. The van der Waals surface area contributed by atoms with Crippen LogP contribution in [0.25, 0.3) is 0 Å². The Kier molecular flexibility index (Phi) is 5.58. The fourth-order valence-corrected chi connectivity index (χ4v) is 1.39. The number of hydrogen-bond acceptors (Lipinski definition) is 3. The van der Waals surface area contributed by atoms with Gasteiger partial charge in [0.1, 0.15) is 0 Å². The molecule has 1 aromatic carbocycles. The van der Waals surface area contributed by atoms with Gasteiger partial charge in [0.15, 0.2) is 5.11 Å². The molecule has 0 saturated carbocycles. The molecule has 0 aliphatic carbocycles. The van der Waals surface area contributed by atoms with Crippen molar-refractivity contribution in [1.82, 2.24) is 10.7 Å². The van der Waals surface area contributed by atoms with Gasteiger partial charge in [0, 0.05) is 12.2 Å². The van der Waals surface area contributed by atoms with E-state index in [0.717, 1.165) is 23.5 Å². The third-order valence-electron chi connectivity index (χ3n) is 2.32. The molecule has 98 valence electrons. The van der Waals surface area contributed by atoms with E-state index in [0.29, 0.717) is 11.0 Å². The smallest absolute Gasteiger partial charge is 0.186 e. The lowest BCUT2D eigenvalue weighted by molar-refractivity contribution is 0.621. The van der Waals surface area contributed by atoms with Crippen molar-refractivity contribution in [1.29, 1.82) is 0 Å². The van der Waals surface area contributed by atoms with Crippen LogP contribution in [0.1, 0.15) is 26.3 Å². The van der Waals surface area contributed by atoms with E-state index in [1.54, 1.807) is 0 Å². The van der Waals surface area contributed by atoms with Crippen LogP contribution in [0.2, 0.25) is 0 Å². The molecule has 4 nitrogen and oxygen atoms in total. The van der Waals surface area contributed by atoms with Crippen molar-refractivity contribution < 1.29 is 0 Å². The molecule has 0 radical (unpaired) electrons. The highest BCUT2D eigenvalue weighted by atomic mass is 32.1. The summed E-state index contributed by atoms with van der Waals surface area (Å²) in [5.41, 5.74) is 11.1. The Morgan fingerprint density at radius 2 is 1.94 bits per heavy atom. The van der Waals surface area contributed by atoms with Gasteiger partial charge in [-0.1, -0.05) is 26.0 Å². The van der Waals surface area contributed by atoms with Crippen molar-refractivity contribution in [2.24, 2.45) is 11.0 Å². The molecule has 4 N–H and O–H groups in total. The molecule has 18 heavy (non-hydrogen) atoms. The van der Waals surface area contributed by atoms with Crippen molar-refractivity contribution in [3.63, 3.8) is 0 Å². The molecule has 0 saturated heterocycles. The summed E-state index contributed by atoms with van der Waals surface area (Å²) in [6.07, 6.45) is 0. The van der Waals surface area contributed by atoms with Gasteiger partial charge in [0.25, 0.3) is 0 Å². The van der Waals surface area contributed by atoms with Crippen LogP contribution in [0, 0.1) is 5.92 Å². The van der Waals surface area contributed by atoms with Crippen molar-refractivity contribution in [3.05, 3.63) is 29.8 Å². The molecular weight excluding hydrogens is 244 g/mol. The molecule has 0 amide bonds. The summed E-state index contributed by atoms with van der Waals surface area (Å²) < 4.78 is 0. The first-order valence-corrected chi connectivity index (χ1v) is 6.34. The number of benzene rings is 1. The Labute approximate surface area is 114 Å². The van der Waals surface area contributed by atoms with E-state index in [1.807, 2.05) is 31.2 Å². The van der Waals surface area contributed by atoms with Crippen LogP contribution in [-0.2, 0) is 0 Å². The summed E-state index contributed by atoms with van der Waals surface area (Å²) in [4.78, 5) is 0. The minimum absolute atomic E-state index is 0.540. The predicted molar refractivity (Wildman–Crippen MR) is 81.6 cm³/mol. The molecule has 0 fully saturated rings. The second-order valence-electron chi connectivity index (χ2n) is 4.53. The number of hydrogen-bond donors (Lipinski definition) is 3. The number of rotatable bonds is 4. The molecule has 1 aromatic rings. The highest BCUT2D eigenvalue weighted by Gasteiger charge is 1.99. The summed E-state index contributed by atoms with van der Waals surface area (Å²) in [6.45, 7) is 7.00. The van der Waals surface area contributed by atoms with E-state index in [1.165, 1.54) is 0 Å². The van der Waals surface area contributed by atoms with Crippen molar-refractivity contribution >= 4 is 28.7 Å². The Bertz CT molecular complexity index is 423. The number of nitrogens with one attached hydrogen (secondary N) is 2. The predicted octanol–water partition coefficient (Wildman–Crippen LogP) is 2.11. The van der Waals surface area contributed by atoms with Crippen LogP contribution < -0.4 is 16.5 Å². The third kappa shape index (κ3) is 5.14. The van der Waals surface area contributed by atoms with Gasteiger partial charge in [-0.15, -0.1) is 0 Å². The van der Waals surface area contributed by atoms with Gasteiger partial charge in [0.2, 0.25) is 0 Å². The SMILES string of the molecule is C/C(=N/NC(=S)NCC(C)C)c1ccc(N)cc1. The highest BCUT2D eigenvalue weighted by Crippen LogP contribution is 2.06. The molecule has 0 bridgehead atoms. The summed E-state index contributed by atoms with van der Waals surface area (Å²) >= 11 is 5.11. The lowest BCUT2D eigenvalue weighted by Crippen LogP contribution is -2.34. The number of nitrogens with zero attached hydrogens (tertiary/aromatic N) is 1. The zero-order chi connectivity index (χ0) is 13.5. The average molecular weight is 264 g/mol. The number of nitrogen functional groups attached to an aromatic ring is 1. The summed E-state index contributed by atoms with van der Waals surface area (Å²) in [7, 11) is 0. The molecule has 0 unspecified atom stereocenters. The Balaban J connectivity index is 2.51. The summed E-state index contributed by atoms with van der Waals surface area (Å²) in [6, 6.07) is 7.56. The number of anilines is 1. The second kappa shape index (κ2) is 6.96. The number of thiocarbonyl (C=S) groups is 1. The molecule has 0 aromatic heterocycles.